The monoisotopic (exact) mass is 438 g/mol. The number of nitrogens with one attached hydrogen (secondary N) is 2. The lowest BCUT2D eigenvalue weighted by Crippen LogP contribution is -2.51. The summed E-state index contributed by atoms with van der Waals surface area (Å²) in [4.78, 5) is 6.82. The van der Waals surface area contributed by atoms with E-state index < -0.39 is 15.7 Å². The first kappa shape index (κ1) is 23.0. The molecule has 0 aromatic heterocycles. The van der Waals surface area contributed by atoms with Gasteiger partial charge in [-0.25, -0.2) is 12.8 Å². The lowest BCUT2D eigenvalue weighted by molar-refractivity contribution is 0.119. The minimum Gasteiger partial charge on any atom is -0.357 e. The zero-order valence-corrected chi connectivity index (χ0v) is 18.8. The van der Waals surface area contributed by atoms with Crippen molar-refractivity contribution in [1.29, 1.82) is 0 Å². The molecule has 168 valence electrons. The molecule has 0 spiro atoms. The van der Waals surface area contributed by atoms with Gasteiger partial charge < -0.3 is 15.5 Å². The molecular formula is C22H35FN4O2S. The van der Waals surface area contributed by atoms with Crippen molar-refractivity contribution < 1.29 is 12.8 Å². The van der Waals surface area contributed by atoms with Gasteiger partial charge in [0.05, 0.1) is 12.3 Å². The third-order valence-electron chi connectivity index (χ3n) is 6.11. The third kappa shape index (κ3) is 6.41. The van der Waals surface area contributed by atoms with Crippen LogP contribution in [0.15, 0.2) is 34.2 Å². The smallest absolute Gasteiger partial charge is 0.191 e. The summed E-state index contributed by atoms with van der Waals surface area (Å²) >= 11 is 0. The van der Waals surface area contributed by atoms with Crippen LogP contribution < -0.4 is 10.6 Å². The van der Waals surface area contributed by atoms with Crippen molar-refractivity contribution in [3.05, 3.63) is 30.1 Å². The van der Waals surface area contributed by atoms with E-state index in [9.17, 15) is 12.8 Å². The zero-order valence-electron chi connectivity index (χ0n) is 17.9. The molecule has 2 fully saturated rings. The topological polar surface area (TPSA) is 73.8 Å². The Morgan fingerprint density at radius 3 is 2.50 bits per heavy atom. The van der Waals surface area contributed by atoms with Crippen molar-refractivity contribution in [3.63, 3.8) is 0 Å². The Kier molecular flexibility index (Phi) is 8.50. The number of halogens is 1. The number of hydrogen-bond donors (Lipinski definition) is 2. The van der Waals surface area contributed by atoms with Crippen molar-refractivity contribution >= 4 is 15.8 Å². The van der Waals surface area contributed by atoms with Gasteiger partial charge in [0.2, 0.25) is 0 Å². The van der Waals surface area contributed by atoms with E-state index in [-0.39, 0.29) is 17.2 Å². The second kappa shape index (κ2) is 11.1. The van der Waals surface area contributed by atoms with Gasteiger partial charge in [-0.1, -0.05) is 31.4 Å². The van der Waals surface area contributed by atoms with E-state index in [0.717, 1.165) is 32.0 Å². The average molecular weight is 439 g/mol. The summed E-state index contributed by atoms with van der Waals surface area (Å²) in [5, 5.41) is 6.66. The number of rotatable bonds is 7. The number of guanidine groups is 1. The molecule has 0 amide bonds. The molecule has 2 N–H and O–H groups in total. The molecule has 1 saturated heterocycles. The zero-order chi connectivity index (χ0) is 21.4. The maximum Gasteiger partial charge on any atom is 0.191 e. The molecule has 1 aromatic rings. The first-order chi connectivity index (χ1) is 14.5. The van der Waals surface area contributed by atoms with Gasteiger partial charge in [-0.15, -0.1) is 0 Å². The van der Waals surface area contributed by atoms with Crippen molar-refractivity contribution in [2.75, 3.05) is 31.9 Å². The highest BCUT2D eigenvalue weighted by atomic mass is 32.2. The van der Waals surface area contributed by atoms with Crippen LogP contribution in [0.4, 0.5) is 4.39 Å². The minimum atomic E-state index is -3.70. The van der Waals surface area contributed by atoms with Crippen LogP contribution in [0.25, 0.3) is 0 Å². The molecule has 0 bridgehead atoms. The number of piperidine rings is 1. The molecule has 0 radical (unpaired) electrons. The van der Waals surface area contributed by atoms with Crippen LogP contribution in [0.2, 0.25) is 0 Å². The van der Waals surface area contributed by atoms with Gasteiger partial charge in [-0.2, -0.15) is 0 Å². The lowest BCUT2D eigenvalue weighted by Gasteiger charge is -2.39. The van der Waals surface area contributed by atoms with Crippen LogP contribution in [0.5, 0.6) is 0 Å². The van der Waals surface area contributed by atoms with Gasteiger partial charge in [-0.3, -0.25) is 4.99 Å². The predicted octanol–water partition coefficient (Wildman–Crippen LogP) is 2.95. The van der Waals surface area contributed by atoms with Crippen molar-refractivity contribution in [2.45, 2.75) is 68.8 Å². The number of hydrogen-bond acceptors (Lipinski definition) is 4. The Bertz CT molecular complexity index is 801. The van der Waals surface area contributed by atoms with Crippen LogP contribution >= 0.6 is 0 Å². The van der Waals surface area contributed by atoms with E-state index in [1.807, 2.05) is 6.92 Å². The van der Waals surface area contributed by atoms with Gasteiger partial charge in [0.25, 0.3) is 0 Å². The minimum absolute atomic E-state index is 0.0902. The molecule has 1 aromatic carbocycles. The molecular weight excluding hydrogens is 403 g/mol. The fourth-order valence-corrected chi connectivity index (χ4v) is 5.66. The van der Waals surface area contributed by atoms with Gasteiger partial charge >= 0.3 is 0 Å². The Morgan fingerprint density at radius 2 is 1.83 bits per heavy atom. The highest BCUT2D eigenvalue weighted by Crippen LogP contribution is 2.25. The summed E-state index contributed by atoms with van der Waals surface area (Å²) in [7, 11) is -3.70. The van der Waals surface area contributed by atoms with E-state index in [1.54, 1.807) is 0 Å². The number of aliphatic imine (C=N–C) groups is 1. The largest absolute Gasteiger partial charge is 0.357 e. The molecule has 6 nitrogen and oxygen atoms in total. The molecule has 3 rings (SSSR count). The first-order valence-electron chi connectivity index (χ1n) is 11.3. The quantitative estimate of drug-likeness (QED) is 0.506. The second-order valence-corrected chi connectivity index (χ2v) is 10.3. The van der Waals surface area contributed by atoms with Gasteiger partial charge in [-0.05, 0) is 44.7 Å². The fourth-order valence-electron chi connectivity index (χ4n) is 4.45. The predicted molar refractivity (Wildman–Crippen MR) is 119 cm³/mol. The molecule has 0 atom stereocenters. The molecule has 8 heteroatoms. The van der Waals surface area contributed by atoms with Gasteiger partial charge in [0.1, 0.15) is 10.7 Å². The molecule has 1 saturated carbocycles. The Labute approximate surface area is 180 Å². The van der Waals surface area contributed by atoms with Crippen molar-refractivity contribution in [1.82, 2.24) is 15.5 Å². The standard InChI is InChI=1S/C22H35FN4O2S/c1-2-24-22(25-14-17-30(28,29)21-11-7-6-10-20(21)23)26-18-12-15-27(16-13-18)19-8-4-3-5-9-19/h6-7,10-11,18-19H,2-5,8-9,12-17H2,1H3,(H2,24,25,26). The molecule has 1 aliphatic carbocycles. The van der Waals surface area contributed by atoms with Gasteiger partial charge in [0, 0.05) is 31.7 Å². The van der Waals surface area contributed by atoms with E-state index in [1.165, 1.54) is 56.4 Å². The molecule has 0 unspecified atom stereocenters. The SMILES string of the molecule is CCNC(=NCCS(=O)(=O)c1ccccc1F)NC1CCN(C2CCCCC2)CC1. The van der Waals surface area contributed by atoms with E-state index in [4.69, 9.17) is 0 Å². The average Bonchev–Trinajstić information content (AvgIpc) is 2.75. The Hall–Kier alpha value is -1.67. The molecule has 1 heterocycles. The molecule has 30 heavy (non-hydrogen) atoms. The molecule has 2 aliphatic rings. The normalized spacial score (nSPS) is 20.3. The van der Waals surface area contributed by atoms with Crippen molar-refractivity contribution in [2.24, 2.45) is 4.99 Å². The highest BCUT2D eigenvalue weighted by molar-refractivity contribution is 7.91. The maximum absolute atomic E-state index is 13.8. The van der Waals surface area contributed by atoms with Crippen LogP contribution in [-0.4, -0.2) is 63.3 Å². The summed E-state index contributed by atoms with van der Waals surface area (Å²) < 4.78 is 38.6. The van der Waals surface area contributed by atoms with Crippen LogP contribution in [0.1, 0.15) is 51.9 Å². The van der Waals surface area contributed by atoms with Crippen LogP contribution in [-0.2, 0) is 9.84 Å². The molecule has 1 aliphatic heterocycles. The Balaban J connectivity index is 1.50. The first-order valence-corrected chi connectivity index (χ1v) is 12.9. The number of likely N-dealkylation sites (tertiary alicyclic amines) is 1. The Morgan fingerprint density at radius 1 is 1.13 bits per heavy atom. The summed E-state index contributed by atoms with van der Waals surface area (Å²) in [5.74, 6) is -0.293. The second-order valence-electron chi connectivity index (χ2n) is 8.26. The van der Waals surface area contributed by atoms with E-state index in [0.29, 0.717) is 18.5 Å². The van der Waals surface area contributed by atoms with Crippen LogP contribution in [0, 0.1) is 5.82 Å². The van der Waals surface area contributed by atoms with E-state index in [2.05, 4.69) is 20.5 Å². The third-order valence-corrected chi connectivity index (χ3v) is 7.83. The summed E-state index contributed by atoms with van der Waals surface area (Å²) in [5.41, 5.74) is 0. The summed E-state index contributed by atoms with van der Waals surface area (Å²) in [6.45, 7) is 4.98. The van der Waals surface area contributed by atoms with E-state index >= 15 is 0 Å². The number of benzene rings is 1. The summed E-state index contributed by atoms with van der Waals surface area (Å²) in [6.07, 6.45) is 8.88. The van der Waals surface area contributed by atoms with Crippen molar-refractivity contribution in [3.8, 4) is 0 Å². The maximum atomic E-state index is 13.8. The fraction of sp³-hybridized carbons (Fsp3) is 0.682. The highest BCUT2D eigenvalue weighted by Gasteiger charge is 2.26. The lowest BCUT2D eigenvalue weighted by atomic mass is 9.92. The number of nitrogens with zero attached hydrogens (tertiary/aromatic N) is 2. The van der Waals surface area contributed by atoms with Gasteiger partial charge in [0.15, 0.2) is 15.8 Å². The summed E-state index contributed by atoms with van der Waals surface area (Å²) in [6, 6.07) is 6.58. The van der Waals surface area contributed by atoms with Crippen LogP contribution in [0.3, 0.4) is 0 Å². The number of sulfone groups is 1.